The van der Waals surface area contributed by atoms with Gasteiger partial charge < -0.3 is 19.0 Å². The summed E-state index contributed by atoms with van der Waals surface area (Å²) in [5.74, 6) is 0.165. The fourth-order valence-corrected chi connectivity index (χ4v) is 4.59. The first-order chi connectivity index (χ1) is 16.9. The highest BCUT2D eigenvalue weighted by Gasteiger charge is 2.26. The summed E-state index contributed by atoms with van der Waals surface area (Å²) >= 11 is 0. The number of furan rings is 1. The number of hydrogen-bond acceptors (Lipinski definition) is 6. The third-order valence-electron chi connectivity index (χ3n) is 6.19. The van der Waals surface area contributed by atoms with Crippen LogP contribution in [0.5, 0.6) is 5.75 Å². The SMILES string of the molecule is CC1CC(Oc2ccc(-c3ccnc4cc(-c5ccc(C(=O)O)cc5)oc34)cc2C#N)CC(C)O1. The molecule has 1 saturated heterocycles. The van der Waals surface area contributed by atoms with Gasteiger partial charge >= 0.3 is 5.97 Å². The average Bonchev–Trinajstić information content (AvgIpc) is 3.28. The van der Waals surface area contributed by atoms with Crippen molar-refractivity contribution < 1.29 is 23.8 Å². The second-order valence-electron chi connectivity index (χ2n) is 8.86. The zero-order chi connectivity index (χ0) is 24.5. The molecule has 7 heteroatoms. The maximum absolute atomic E-state index is 11.1. The van der Waals surface area contributed by atoms with Crippen molar-refractivity contribution >= 4 is 17.1 Å². The van der Waals surface area contributed by atoms with Crippen molar-refractivity contribution in [2.24, 2.45) is 0 Å². The number of nitrogens with zero attached hydrogens (tertiary/aromatic N) is 2. The number of hydrogen-bond donors (Lipinski definition) is 1. The van der Waals surface area contributed by atoms with Gasteiger partial charge in [0.15, 0.2) is 5.58 Å². The number of pyridine rings is 1. The van der Waals surface area contributed by atoms with Crippen LogP contribution in [0.25, 0.3) is 33.6 Å². The van der Waals surface area contributed by atoms with E-state index in [4.69, 9.17) is 19.0 Å². The van der Waals surface area contributed by atoms with Crippen molar-refractivity contribution in [3.63, 3.8) is 0 Å². The van der Waals surface area contributed by atoms with Crippen LogP contribution in [0.2, 0.25) is 0 Å². The zero-order valence-electron chi connectivity index (χ0n) is 19.4. The summed E-state index contributed by atoms with van der Waals surface area (Å²) in [4.78, 5) is 15.6. The molecule has 176 valence electrons. The molecule has 1 fully saturated rings. The molecule has 4 aromatic rings. The first kappa shape index (κ1) is 22.6. The quantitative estimate of drug-likeness (QED) is 0.379. The van der Waals surface area contributed by atoms with Crippen LogP contribution in [0.4, 0.5) is 0 Å². The fraction of sp³-hybridized carbons (Fsp3) is 0.250. The number of benzene rings is 2. The van der Waals surface area contributed by atoms with Crippen molar-refractivity contribution in [2.75, 3.05) is 0 Å². The summed E-state index contributed by atoms with van der Waals surface area (Å²) in [7, 11) is 0. The Morgan fingerprint density at radius 1 is 1.06 bits per heavy atom. The van der Waals surface area contributed by atoms with Crippen LogP contribution in [-0.2, 0) is 4.74 Å². The Morgan fingerprint density at radius 3 is 2.46 bits per heavy atom. The van der Waals surface area contributed by atoms with E-state index in [1.807, 2.05) is 38.1 Å². The van der Waals surface area contributed by atoms with E-state index in [2.05, 4.69) is 11.1 Å². The van der Waals surface area contributed by atoms with Crippen LogP contribution in [-0.4, -0.2) is 34.4 Å². The maximum atomic E-state index is 11.1. The topological polar surface area (TPSA) is 106 Å². The number of carboxylic acid groups (broad SMARTS) is 1. The average molecular weight is 469 g/mol. The normalized spacial score (nSPS) is 19.9. The largest absolute Gasteiger partial charge is 0.489 e. The van der Waals surface area contributed by atoms with Gasteiger partial charge in [0, 0.05) is 36.2 Å². The van der Waals surface area contributed by atoms with Crippen molar-refractivity contribution in [3.8, 4) is 34.3 Å². The minimum Gasteiger partial charge on any atom is -0.489 e. The Kier molecular flexibility index (Phi) is 5.98. The monoisotopic (exact) mass is 468 g/mol. The summed E-state index contributed by atoms with van der Waals surface area (Å²) in [5, 5.41) is 18.9. The number of carboxylic acids is 1. The lowest BCUT2D eigenvalue weighted by Gasteiger charge is -2.32. The number of nitriles is 1. The molecule has 0 radical (unpaired) electrons. The van der Waals surface area contributed by atoms with E-state index >= 15 is 0 Å². The first-order valence-electron chi connectivity index (χ1n) is 11.5. The van der Waals surface area contributed by atoms with E-state index in [1.54, 1.807) is 24.4 Å². The molecule has 2 aromatic heterocycles. The van der Waals surface area contributed by atoms with Crippen LogP contribution in [0.1, 0.15) is 42.6 Å². The predicted octanol–water partition coefficient (Wildman–Crippen LogP) is 6.07. The molecule has 5 rings (SSSR count). The second-order valence-corrected chi connectivity index (χ2v) is 8.86. The van der Waals surface area contributed by atoms with Gasteiger partial charge in [0.2, 0.25) is 0 Å². The third-order valence-corrected chi connectivity index (χ3v) is 6.19. The Bertz CT molecular complexity index is 1420. The van der Waals surface area contributed by atoms with Gasteiger partial charge in [0.1, 0.15) is 29.2 Å². The molecule has 2 atom stereocenters. The highest BCUT2D eigenvalue weighted by Crippen LogP contribution is 2.36. The summed E-state index contributed by atoms with van der Waals surface area (Å²) in [5.41, 5.74) is 4.30. The van der Waals surface area contributed by atoms with Crippen LogP contribution in [0.3, 0.4) is 0 Å². The molecule has 1 N–H and O–H groups in total. The minimum absolute atomic E-state index is 0.000482. The fourth-order valence-electron chi connectivity index (χ4n) is 4.59. The molecule has 0 amide bonds. The van der Waals surface area contributed by atoms with E-state index in [-0.39, 0.29) is 23.9 Å². The summed E-state index contributed by atoms with van der Waals surface area (Å²) in [6.45, 7) is 4.07. The summed E-state index contributed by atoms with van der Waals surface area (Å²) in [6, 6.07) is 18.0. The van der Waals surface area contributed by atoms with E-state index in [1.165, 1.54) is 12.1 Å². The number of carbonyl (C=O) groups is 1. The van der Waals surface area contributed by atoms with Gasteiger partial charge in [-0.2, -0.15) is 5.26 Å². The van der Waals surface area contributed by atoms with Gasteiger partial charge in [0.05, 0.1) is 23.3 Å². The number of aromatic nitrogens is 1. The molecular formula is C28H24N2O5. The molecule has 2 unspecified atom stereocenters. The van der Waals surface area contributed by atoms with Crippen molar-refractivity contribution in [3.05, 3.63) is 71.9 Å². The molecule has 2 aromatic carbocycles. The number of aromatic carboxylic acids is 1. The van der Waals surface area contributed by atoms with Gasteiger partial charge in [-0.05, 0) is 49.7 Å². The van der Waals surface area contributed by atoms with Gasteiger partial charge in [0.25, 0.3) is 0 Å². The van der Waals surface area contributed by atoms with Crippen molar-refractivity contribution in [1.29, 1.82) is 5.26 Å². The van der Waals surface area contributed by atoms with E-state index < -0.39 is 5.97 Å². The highest BCUT2D eigenvalue weighted by atomic mass is 16.5. The smallest absolute Gasteiger partial charge is 0.335 e. The molecule has 0 bridgehead atoms. The highest BCUT2D eigenvalue weighted by molar-refractivity contribution is 5.93. The predicted molar refractivity (Wildman–Crippen MR) is 130 cm³/mol. The lowest BCUT2D eigenvalue weighted by molar-refractivity contribution is -0.0721. The lowest BCUT2D eigenvalue weighted by atomic mass is 10.0. The van der Waals surface area contributed by atoms with Gasteiger partial charge in [-0.25, -0.2) is 4.79 Å². The minimum atomic E-state index is -0.980. The van der Waals surface area contributed by atoms with Crippen LogP contribution in [0, 0.1) is 11.3 Å². The van der Waals surface area contributed by atoms with Gasteiger partial charge in [-0.1, -0.05) is 18.2 Å². The standard InChI is InChI=1S/C28H24N2O5/c1-16-11-22(12-17(2)33-16)34-25-8-7-20(13-21(25)15-29)23-9-10-30-24-14-26(35-27(23)24)18-3-5-19(6-4-18)28(31)32/h3-10,13-14,16-17,22H,11-12H2,1-2H3,(H,31,32). The summed E-state index contributed by atoms with van der Waals surface area (Å²) in [6.07, 6.45) is 3.50. The van der Waals surface area contributed by atoms with Gasteiger partial charge in [-0.15, -0.1) is 0 Å². The van der Waals surface area contributed by atoms with Crippen molar-refractivity contribution in [1.82, 2.24) is 4.98 Å². The number of ether oxygens (including phenoxy) is 2. The van der Waals surface area contributed by atoms with Crippen LogP contribution < -0.4 is 4.74 Å². The van der Waals surface area contributed by atoms with Gasteiger partial charge in [-0.3, -0.25) is 4.98 Å². The molecule has 7 nitrogen and oxygen atoms in total. The van der Waals surface area contributed by atoms with E-state index in [0.29, 0.717) is 28.2 Å². The lowest BCUT2D eigenvalue weighted by Crippen LogP contribution is -2.35. The molecule has 0 saturated carbocycles. The zero-order valence-corrected chi connectivity index (χ0v) is 19.4. The molecule has 3 heterocycles. The van der Waals surface area contributed by atoms with E-state index in [9.17, 15) is 10.1 Å². The van der Waals surface area contributed by atoms with Crippen LogP contribution in [0.15, 0.2) is 65.2 Å². The second kappa shape index (κ2) is 9.24. The molecule has 0 spiro atoms. The molecule has 35 heavy (non-hydrogen) atoms. The van der Waals surface area contributed by atoms with Crippen LogP contribution >= 0.6 is 0 Å². The van der Waals surface area contributed by atoms with Crippen molar-refractivity contribution in [2.45, 2.75) is 45.0 Å². The Balaban J connectivity index is 1.47. The molecule has 1 aliphatic heterocycles. The maximum Gasteiger partial charge on any atom is 0.335 e. The number of fused-ring (bicyclic) bond motifs is 1. The molecule has 1 aliphatic rings. The molecule has 0 aliphatic carbocycles. The summed E-state index contributed by atoms with van der Waals surface area (Å²) < 4.78 is 18.1. The molecular weight excluding hydrogens is 444 g/mol. The third kappa shape index (κ3) is 4.61. The first-order valence-corrected chi connectivity index (χ1v) is 11.5. The Hall–Kier alpha value is -4.15. The Labute approximate surface area is 202 Å². The number of rotatable bonds is 5. The van der Waals surface area contributed by atoms with E-state index in [0.717, 1.165) is 29.5 Å². The Morgan fingerprint density at radius 2 is 1.77 bits per heavy atom.